The zero-order valence-electron chi connectivity index (χ0n) is 14.4. The summed E-state index contributed by atoms with van der Waals surface area (Å²) in [4.78, 5) is 14.1. The van der Waals surface area contributed by atoms with Gasteiger partial charge in [0.05, 0.1) is 12.1 Å². The SMILES string of the molecule is CN(CC(O)C1CC1)C(=O)NC1CCC(C)(C)c2ccccc21. The molecule has 2 aliphatic carbocycles. The summed E-state index contributed by atoms with van der Waals surface area (Å²) in [5.41, 5.74) is 2.72. The van der Waals surface area contributed by atoms with Crippen LogP contribution in [-0.4, -0.2) is 35.7 Å². The minimum Gasteiger partial charge on any atom is -0.391 e. The molecule has 126 valence electrons. The molecule has 4 nitrogen and oxygen atoms in total. The molecule has 0 saturated heterocycles. The Bertz CT molecular complexity index is 580. The molecule has 2 unspecified atom stereocenters. The van der Waals surface area contributed by atoms with Crippen molar-refractivity contribution in [2.75, 3.05) is 13.6 Å². The molecule has 2 amide bonds. The zero-order valence-corrected chi connectivity index (χ0v) is 14.4. The Labute approximate surface area is 138 Å². The third-order valence-electron chi connectivity index (χ3n) is 5.39. The summed E-state index contributed by atoms with van der Waals surface area (Å²) in [5.74, 6) is 0.390. The Morgan fingerprint density at radius 2 is 2.04 bits per heavy atom. The Balaban J connectivity index is 1.66. The Kier molecular flexibility index (Phi) is 4.37. The van der Waals surface area contributed by atoms with Crippen LogP contribution >= 0.6 is 0 Å². The van der Waals surface area contributed by atoms with Crippen LogP contribution in [-0.2, 0) is 5.41 Å². The Hall–Kier alpha value is -1.55. The lowest BCUT2D eigenvalue weighted by molar-refractivity contribution is 0.112. The van der Waals surface area contributed by atoms with Gasteiger partial charge in [0.25, 0.3) is 0 Å². The van der Waals surface area contributed by atoms with Crippen molar-refractivity contribution in [2.45, 2.75) is 57.1 Å². The van der Waals surface area contributed by atoms with E-state index in [0.29, 0.717) is 12.5 Å². The molecule has 1 aromatic carbocycles. The van der Waals surface area contributed by atoms with Crippen molar-refractivity contribution in [1.29, 1.82) is 0 Å². The number of likely N-dealkylation sites (N-methyl/N-ethyl adjacent to an activating group) is 1. The zero-order chi connectivity index (χ0) is 16.6. The molecule has 0 radical (unpaired) electrons. The van der Waals surface area contributed by atoms with Gasteiger partial charge < -0.3 is 15.3 Å². The number of carbonyl (C=O) groups is 1. The number of hydrogen-bond acceptors (Lipinski definition) is 2. The van der Waals surface area contributed by atoms with Crippen LogP contribution in [0.2, 0.25) is 0 Å². The van der Waals surface area contributed by atoms with Crippen LogP contribution in [0.1, 0.15) is 56.7 Å². The highest BCUT2D eigenvalue weighted by Crippen LogP contribution is 2.41. The summed E-state index contributed by atoms with van der Waals surface area (Å²) in [6.07, 6.45) is 3.80. The molecule has 1 saturated carbocycles. The molecule has 1 fully saturated rings. The minimum absolute atomic E-state index is 0.0623. The van der Waals surface area contributed by atoms with E-state index in [9.17, 15) is 9.90 Å². The summed E-state index contributed by atoms with van der Waals surface area (Å²) in [5, 5.41) is 13.2. The molecule has 0 spiro atoms. The Morgan fingerprint density at radius 1 is 1.35 bits per heavy atom. The smallest absolute Gasteiger partial charge is 0.317 e. The van der Waals surface area contributed by atoms with E-state index in [1.54, 1.807) is 11.9 Å². The van der Waals surface area contributed by atoms with Crippen molar-refractivity contribution in [3.05, 3.63) is 35.4 Å². The van der Waals surface area contributed by atoms with Gasteiger partial charge in [-0.3, -0.25) is 0 Å². The maximum Gasteiger partial charge on any atom is 0.317 e. The number of benzene rings is 1. The maximum atomic E-state index is 12.5. The topological polar surface area (TPSA) is 52.6 Å². The molecular weight excluding hydrogens is 288 g/mol. The highest BCUT2D eigenvalue weighted by Gasteiger charge is 2.34. The highest BCUT2D eigenvalue weighted by molar-refractivity contribution is 5.74. The first-order valence-corrected chi connectivity index (χ1v) is 8.67. The van der Waals surface area contributed by atoms with Crippen LogP contribution in [0, 0.1) is 5.92 Å². The van der Waals surface area contributed by atoms with E-state index in [0.717, 1.165) is 25.7 Å². The van der Waals surface area contributed by atoms with Crippen LogP contribution in [0.3, 0.4) is 0 Å². The number of hydrogen-bond donors (Lipinski definition) is 2. The number of nitrogens with one attached hydrogen (secondary N) is 1. The van der Waals surface area contributed by atoms with Crippen LogP contribution in [0.15, 0.2) is 24.3 Å². The lowest BCUT2D eigenvalue weighted by Gasteiger charge is -2.38. The largest absolute Gasteiger partial charge is 0.391 e. The van der Waals surface area contributed by atoms with Crippen molar-refractivity contribution >= 4 is 6.03 Å². The van der Waals surface area contributed by atoms with Gasteiger partial charge in [0.15, 0.2) is 0 Å². The minimum atomic E-state index is -0.386. The number of aliphatic hydroxyl groups excluding tert-OH is 1. The third-order valence-corrected chi connectivity index (χ3v) is 5.39. The molecule has 1 aromatic rings. The molecule has 2 atom stereocenters. The van der Waals surface area contributed by atoms with Gasteiger partial charge >= 0.3 is 6.03 Å². The number of fused-ring (bicyclic) bond motifs is 1. The summed E-state index contributed by atoms with van der Waals surface area (Å²) in [6.45, 7) is 4.94. The molecule has 0 aromatic heterocycles. The second kappa shape index (κ2) is 6.16. The molecule has 4 heteroatoms. The average Bonchev–Trinajstić information content (AvgIpc) is 3.35. The van der Waals surface area contributed by atoms with Gasteiger partial charge in [0.2, 0.25) is 0 Å². The number of nitrogens with zero attached hydrogens (tertiary/aromatic N) is 1. The molecule has 23 heavy (non-hydrogen) atoms. The fourth-order valence-electron chi connectivity index (χ4n) is 3.62. The second-order valence-corrected chi connectivity index (χ2v) is 7.80. The summed E-state index contributed by atoms with van der Waals surface area (Å²) in [7, 11) is 1.76. The normalized spacial score (nSPS) is 23.7. The van der Waals surface area contributed by atoms with E-state index in [2.05, 4.69) is 37.4 Å². The molecule has 0 aliphatic heterocycles. The average molecular weight is 316 g/mol. The van der Waals surface area contributed by atoms with Gasteiger partial charge in [0.1, 0.15) is 0 Å². The predicted molar refractivity (Wildman–Crippen MR) is 91.3 cm³/mol. The predicted octanol–water partition coefficient (Wildman–Crippen LogP) is 3.21. The quantitative estimate of drug-likeness (QED) is 0.896. The molecule has 0 heterocycles. The van der Waals surface area contributed by atoms with Crippen molar-refractivity contribution in [3.63, 3.8) is 0 Å². The van der Waals surface area contributed by atoms with Crippen molar-refractivity contribution in [3.8, 4) is 0 Å². The van der Waals surface area contributed by atoms with Crippen LogP contribution in [0.4, 0.5) is 4.79 Å². The van der Waals surface area contributed by atoms with Gasteiger partial charge in [-0.25, -0.2) is 4.79 Å². The Morgan fingerprint density at radius 3 is 2.74 bits per heavy atom. The van der Waals surface area contributed by atoms with Gasteiger partial charge in [-0.05, 0) is 48.1 Å². The number of carbonyl (C=O) groups excluding carboxylic acids is 1. The first kappa shape index (κ1) is 16.3. The fraction of sp³-hybridized carbons (Fsp3) is 0.632. The van der Waals surface area contributed by atoms with E-state index in [4.69, 9.17) is 0 Å². The molecule has 2 N–H and O–H groups in total. The summed E-state index contributed by atoms with van der Waals surface area (Å²) in [6, 6.07) is 8.38. The second-order valence-electron chi connectivity index (χ2n) is 7.80. The van der Waals surface area contributed by atoms with E-state index >= 15 is 0 Å². The van der Waals surface area contributed by atoms with Crippen LogP contribution < -0.4 is 5.32 Å². The van der Waals surface area contributed by atoms with E-state index in [1.165, 1.54) is 11.1 Å². The first-order chi connectivity index (χ1) is 10.9. The van der Waals surface area contributed by atoms with Crippen molar-refractivity contribution < 1.29 is 9.90 Å². The van der Waals surface area contributed by atoms with Gasteiger partial charge in [0, 0.05) is 13.6 Å². The summed E-state index contributed by atoms with van der Waals surface area (Å²) < 4.78 is 0. The monoisotopic (exact) mass is 316 g/mol. The number of amides is 2. The first-order valence-electron chi connectivity index (χ1n) is 8.67. The maximum absolute atomic E-state index is 12.5. The van der Waals surface area contributed by atoms with E-state index in [1.807, 2.05) is 6.07 Å². The lowest BCUT2D eigenvalue weighted by atomic mass is 9.71. The van der Waals surface area contributed by atoms with Gasteiger partial charge in [-0.1, -0.05) is 38.1 Å². The summed E-state index contributed by atoms with van der Waals surface area (Å²) >= 11 is 0. The van der Waals surface area contributed by atoms with Gasteiger partial charge in [-0.2, -0.15) is 0 Å². The molecule has 2 aliphatic rings. The standard InChI is InChI=1S/C19H28N2O2/c1-19(2)11-10-16(14-6-4-5-7-15(14)19)20-18(23)21(3)12-17(22)13-8-9-13/h4-7,13,16-17,22H,8-12H2,1-3H3,(H,20,23). The molecular formula is C19H28N2O2. The van der Waals surface area contributed by atoms with Crippen LogP contribution in [0.25, 0.3) is 0 Å². The fourth-order valence-corrected chi connectivity index (χ4v) is 3.62. The highest BCUT2D eigenvalue weighted by atomic mass is 16.3. The van der Waals surface area contributed by atoms with Crippen LogP contribution in [0.5, 0.6) is 0 Å². The van der Waals surface area contributed by atoms with Gasteiger partial charge in [-0.15, -0.1) is 0 Å². The molecule has 0 bridgehead atoms. The third kappa shape index (κ3) is 3.52. The van der Waals surface area contributed by atoms with Crippen molar-refractivity contribution in [1.82, 2.24) is 10.2 Å². The molecule has 3 rings (SSSR count). The van der Waals surface area contributed by atoms with Crippen molar-refractivity contribution in [2.24, 2.45) is 5.92 Å². The number of urea groups is 1. The number of aliphatic hydroxyl groups is 1. The number of rotatable bonds is 4. The van der Waals surface area contributed by atoms with E-state index in [-0.39, 0.29) is 23.6 Å². The lowest BCUT2D eigenvalue weighted by Crippen LogP contribution is -2.44. The van der Waals surface area contributed by atoms with E-state index < -0.39 is 0 Å².